The van der Waals surface area contributed by atoms with Crippen molar-refractivity contribution in [2.45, 2.75) is 39.5 Å². The summed E-state index contributed by atoms with van der Waals surface area (Å²) >= 11 is 0. The number of benzene rings is 1. The van der Waals surface area contributed by atoms with Gasteiger partial charge in [0.2, 0.25) is 0 Å². The first-order chi connectivity index (χ1) is 6.19. The van der Waals surface area contributed by atoms with Gasteiger partial charge >= 0.3 is 0 Å². The Balaban J connectivity index is 2.99. The highest BCUT2D eigenvalue weighted by Crippen LogP contribution is 2.25. The summed E-state index contributed by atoms with van der Waals surface area (Å²) in [5, 5.41) is 9.49. The Kier molecular flexibility index (Phi) is 3.35. The number of aryl methyl sites for hydroxylation is 1. The zero-order chi connectivity index (χ0) is 9.84. The monoisotopic (exact) mass is 178 g/mol. The van der Waals surface area contributed by atoms with Gasteiger partial charge in [0.05, 0.1) is 0 Å². The van der Waals surface area contributed by atoms with Crippen LogP contribution in [-0.4, -0.2) is 5.11 Å². The molecule has 0 aliphatic rings. The molecule has 1 atom stereocenters. The van der Waals surface area contributed by atoms with Gasteiger partial charge in [-0.2, -0.15) is 0 Å². The maximum atomic E-state index is 9.49. The third-order valence-electron chi connectivity index (χ3n) is 2.67. The molecule has 1 unspecified atom stereocenters. The van der Waals surface area contributed by atoms with Gasteiger partial charge in [0.1, 0.15) is 5.75 Å². The molecule has 0 saturated carbocycles. The Bertz CT molecular complexity index is 278. The summed E-state index contributed by atoms with van der Waals surface area (Å²) in [5.74, 6) is 1.01. The highest BCUT2D eigenvalue weighted by molar-refractivity contribution is 5.37. The molecule has 1 N–H and O–H groups in total. The van der Waals surface area contributed by atoms with Gasteiger partial charge in [0.25, 0.3) is 0 Å². The van der Waals surface area contributed by atoms with Crippen molar-refractivity contribution < 1.29 is 5.11 Å². The van der Waals surface area contributed by atoms with Gasteiger partial charge in [-0.25, -0.2) is 0 Å². The van der Waals surface area contributed by atoms with Gasteiger partial charge < -0.3 is 5.11 Å². The van der Waals surface area contributed by atoms with Crippen LogP contribution in [-0.2, 0) is 6.42 Å². The maximum Gasteiger partial charge on any atom is 0.118 e. The van der Waals surface area contributed by atoms with Crippen LogP contribution in [0.5, 0.6) is 5.75 Å². The lowest BCUT2D eigenvalue weighted by atomic mass is 9.96. The van der Waals surface area contributed by atoms with Crippen molar-refractivity contribution in [3.63, 3.8) is 0 Å². The Morgan fingerprint density at radius 2 is 2.00 bits per heavy atom. The van der Waals surface area contributed by atoms with Crippen LogP contribution in [0.3, 0.4) is 0 Å². The second-order valence-corrected chi connectivity index (χ2v) is 3.55. The van der Waals surface area contributed by atoms with Gasteiger partial charge in [0.15, 0.2) is 0 Å². The van der Waals surface area contributed by atoms with Crippen LogP contribution in [0.1, 0.15) is 44.2 Å². The van der Waals surface area contributed by atoms with E-state index in [2.05, 4.69) is 26.8 Å². The molecule has 0 amide bonds. The molecule has 0 bridgehead atoms. The minimum Gasteiger partial charge on any atom is -0.508 e. The van der Waals surface area contributed by atoms with E-state index in [0.29, 0.717) is 11.7 Å². The summed E-state index contributed by atoms with van der Waals surface area (Å²) in [6.45, 7) is 6.46. The number of hydrogen-bond acceptors (Lipinski definition) is 1. The first kappa shape index (κ1) is 10.1. The average molecular weight is 178 g/mol. The van der Waals surface area contributed by atoms with E-state index in [1.54, 1.807) is 6.07 Å². The minimum atomic E-state index is 0.426. The summed E-state index contributed by atoms with van der Waals surface area (Å²) < 4.78 is 0. The van der Waals surface area contributed by atoms with E-state index in [9.17, 15) is 5.11 Å². The minimum absolute atomic E-state index is 0.426. The van der Waals surface area contributed by atoms with Crippen LogP contribution < -0.4 is 0 Å². The second-order valence-electron chi connectivity index (χ2n) is 3.55. The molecule has 1 heteroatoms. The quantitative estimate of drug-likeness (QED) is 0.751. The SMILES string of the molecule is CCc1cc(C(C)CC)ccc1O. The van der Waals surface area contributed by atoms with Crippen LogP contribution in [0.15, 0.2) is 18.2 Å². The summed E-state index contributed by atoms with van der Waals surface area (Å²) in [7, 11) is 0. The molecule has 0 aliphatic heterocycles. The van der Waals surface area contributed by atoms with E-state index in [1.165, 1.54) is 5.56 Å². The van der Waals surface area contributed by atoms with E-state index in [1.807, 2.05) is 6.07 Å². The molecule has 0 heterocycles. The molecule has 0 radical (unpaired) electrons. The van der Waals surface area contributed by atoms with Gasteiger partial charge in [0, 0.05) is 0 Å². The normalized spacial score (nSPS) is 12.8. The largest absolute Gasteiger partial charge is 0.508 e. The van der Waals surface area contributed by atoms with E-state index in [4.69, 9.17) is 0 Å². The van der Waals surface area contributed by atoms with Crippen molar-refractivity contribution in [1.82, 2.24) is 0 Å². The highest BCUT2D eigenvalue weighted by atomic mass is 16.3. The lowest BCUT2D eigenvalue weighted by Crippen LogP contribution is -1.93. The number of aromatic hydroxyl groups is 1. The number of hydrogen-bond donors (Lipinski definition) is 1. The third-order valence-corrected chi connectivity index (χ3v) is 2.67. The molecular formula is C12H18O. The molecular weight excluding hydrogens is 160 g/mol. The molecule has 1 aromatic carbocycles. The molecule has 0 spiro atoms. The fourth-order valence-corrected chi connectivity index (χ4v) is 1.43. The summed E-state index contributed by atoms with van der Waals surface area (Å²) in [6.07, 6.45) is 2.05. The molecule has 1 aromatic rings. The fraction of sp³-hybridized carbons (Fsp3) is 0.500. The van der Waals surface area contributed by atoms with Crippen LogP contribution >= 0.6 is 0 Å². The highest BCUT2D eigenvalue weighted by Gasteiger charge is 2.05. The third kappa shape index (κ3) is 2.24. The molecule has 13 heavy (non-hydrogen) atoms. The lowest BCUT2D eigenvalue weighted by Gasteiger charge is -2.11. The predicted octanol–water partition coefficient (Wildman–Crippen LogP) is 3.47. The van der Waals surface area contributed by atoms with Gasteiger partial charge in [-0.1, -0.05) is 32.9 Å². The van der Waals surface area contributed by atoms with Crippen LogP contribution in [0.25, 0.3) is 0 Å². The van der Waals surface area contributed by atoms with E-state index in [0.717, 1.165) is 18.4 Å². The molecule has 1 rings (SSSR count). The van der Waals surface area contributed by atoms with Crippen molar-refractivity contribution in [2.24, 2.45) is 0 Å². The zero-order valence-electron chi connectivity index (χ0n) is 8.67. The Morgan fingerprint density at radius 3 is 2.54 bits per heavy atom. The van der Waals surface area contributed by atoms with Gasteiger partial charge in [-0.05, 0) is 36.0 Å². The van der Waals surface area contributed by atoms with E-state index < -0.39 is 0 Å². The smallest absolute Gasteiger partial charge is 0.118 e. The molecule has 0 fully saturated rings. The van der Waals surface area contributed by atoms with Crippen molar-refractivity contribution in [3.05, 3.63) is 29.3 Å². The van der Waals surface area contributed by atoms with E-state index >= 15 is 0 Å². The second kappa shape index (κ2) is 4.31. The Morgan fingerprint density at radius 1 is 1.31 bits per heavy atom. The first-order valence-electron chi connectivity index (χ1n) is 5.00. The standard InChI is InChI=1S/C12H18O/c1-4-9(3)11-6-7-12(13)10(5-2)8-11/h6-9,13H,4-5H2,1-3H3. The molecule has 0 aliphatic carbocycles. The summed E-state index contributed by atoms with van der Waals surface area (Å²) in [5.41, 5.74) is 2.38. The summed E-state index contributed by atoms with van der Waals surface area (Å²) in [4.78, 5) is 0. The number of phenols is 1. The Labute approximate surface area is 80.4 Å². The zero-order valence-corrected chi connectivity index (χ0v) is 8.67. The van der Waals surface area contributed by atoms with Gasteiger partial charge in [-0.3, -0.25) is 0 Å². The predicted molar refractivity (Wildman–Crippen MR) is 56.2 cm³/mol. The van der Waals surface area contributed by atoms with E-state index in [-0.39, 0.29) is 0 Å². The topological polar surface area (TPSA) is 20.2 Å². The fourth-order valence-electron chi connectivity index (χ4n) is 1.43. The molecule has 72 valence electrons. The number of phenolic OH excluding ortho intramolecular Hbond substituents is 1. The van der Waals surface area contributed by atoms with Crippen molar-refractivity contribution in [3.8, 4) is 5.75 Å². The summed E-state index contributed by atoms with van der Waals surface area (Å²) in [6, 6.07) is 5.94. The van der Waals surface area contributed by atoms with Crippen LogP contribution in [0.4, 0.5) is 0 Å². The Hall–Kier alpha value is -0.980. The van der Waals surface area contributed by atoms with Crippen molar-refractivity contribution in [2.75, 3.05) is 0 Å². The van der Waals surface area contributed by atoms with Gasteiger partial charge in [-0.15, -0.1) is 0 Å². The van der Waals surface area contributed by atoms with Crippen LogP contribution in [0.2, 0.25) is 0 Å². The number of rotatable bonds is 3. The van der Waals surface area contributed by atoms with Crippen molar-refractivity contribution in [1.29, 1.82) is 0 Å². The maximum absolute atomic E-state index is 9.49. The lowest BCUT2D eigenvalue weighted by molar-refractivity contribution is 0.468. The first-order valence-corrected chi connectivity index (χ1v) is 5.00. The molecule has 1 nitrogen and oxygen atoms in total. The van der Waals surface area contributed by atoms with Crippen molar-refractivity contribution >= 4 is 0 Å². The average Bonchev–Trinajstić information content (AvgIpc) is 2.17. The molecule has 0 aromatic heterocycles. The molecule has 0 saturated heterocycles. The van der Waals surface area contributed by atoms with Crippen LogP contribution in [0, 0.1) is 0 Å².